The number of ether oxygens (including phenoxy) is 5. The molecule has 0 aliphatic rings. The number of rotatable bonds is 33. The number of hydrogen-bond acceptors (Lipinski definition) is 5. The van der Waals surface area contributed by atoms with Gasteiger partial charge in [-0.25, -0.2) is 0 Å². The van der Waals surface area contributed by atoms with E-state index in [1.165, 1.54) is 116 Å². The highest BCUT2D eigenvalue weighted by Crippen LogP contribution is 2.12. The molecular formula is C31H64O5. The molecule has 36 heavy (non-hydrogen) atoms. The maximum Gasteiger partial charge on any atom is 0.0701 e. The Kier molecular flexibility index (Phi) is 34.6. The fraction of sp³-hybridized carbons (Fsp3) is 1.00. The zero-order valence-corrected chi connectivity index (χ0v) is 24.5. The van der Waals surface area contributed by atoms with Gasteiger partial charge in [0.05, 0.1) is 52.9 Å². The van der Waals surface area contributed by atoms with E-state index in [4.69, 9.17) is 23.7 Å². The topological polar surface area (TPSA) is 46.2 Å². The Hall–Kier alpha value is -0.200. The largest absolute Gasteiger partial charge is 0.379 e. The zero-order valence-electron chi connectivity index (χ0n) is 24.5. The second-order valence-corrected chi connectivity index (χ2v) is 10.1. The van der Waals surface area contributed by atoms with Crippen LogP contribution in [0.4, 0.5) is 0 Å². The number of hydrogen-bond donors (Lipinski definition) is 0. The van der Waals surface area contributed by atoms with E-state index in [-0.39, 0.29) is 0 Å². The zero-order chi connectivity index (χ0) is 26.0. The quantitative estimate of drug-likeness (QED) is 0.0818. The molecule has 0 radical (unpaired) electrons. The van der Waals surface area contributed by atoms with Gasteiger partial charge in [-0.1, -0.05) is 123 Å². The minimum Gasteiger partial charge on any atom is -0.379 e. The molecule has 0 aromatic heterocycles. The van der Waals surface area contributed by atoms with E-state index in [9.17, 15) is 0 Å². The van der Waals surface area contributed by atoms with Crippen molar-refractivity contribution in [1.29, 1.82) is 0 Å². The summed E-state index contributed by atoms with van der Waals surface area (Å²) in [5.74, 6) is 0. The predicted octanol–water partition coefficient (Wildman–Crippen LogP) is 8.52. The van der Waals surface area contributed by atoms with Gasteiger partial charge in [0.25, 0.3) is 0 Å². The van der Waals surface area contributed by atoms with Crippen LogP contribution < -0.4 is 0 Å². The summed E-state index contributed by atoms with van der Waals surface area (Å²) in [6, 6.07) is 0. The van der Waals surface area contributed by atoms with Crippen molar-refractivity contribution < 1.29 is 23.7 Å². The standard InChI is InChI=1S/C31H64O5/c1-3-5-7-9-11-12-13-14-15-16-17-19-21-23-33-25-27-35-29-31-36-30-28-34-26-24-32-22-20-18-10-8-6-4-2/h3-31H2,1-2H3. The lowest BCUT2D eigenvalue weighted by atomic mass is 10.0. The Morgan fingerprint density at radius 1 is 0.222 bits per heavy atom. The van der Waals surface area contributed by atoms with Crippen LogP contribution in [0, 0.1) is 0 Å². The maximum absolute atomic E-state index is 5.66. The van der Waals surface area contributed by atoms with Gasteiger partial charge in [-0.3, -0.25) is 0 Å². The first kappa shape index (κ1) is 35.8. The summed E-state index contributed by atoms with van der Waals surface area (Å²) in [7, 11) is 0. The van der Waals surface area contributed by atoms with Crippen molar-refractivity contribution in [3.63, 3.8) is 0 Å². The molecule has 0 unspecified atom stereocenters. The summed E-state index contributed by atoms with van der Waals surface area (Å²) in [4.78, 5) is 0. The minimum atomic E-state index is 0.607. The number of unbranched alkanes of at least 4 members (excludes halogenated alkanes) is 17. The van der Waals surface area contributed by atoms with E-state index in [2.05, 4.69) is 13.8 Å². The van der Waals surface area contributed by atoms with Crippen molar-refractivity contribution in [2.24, 2.45) is 0 Å². The van der Waals surface area contributed by atoms with Crippen LogP contribution in [0.1, 0.15) is 136 Å². The second kappa shape index (κ2) is 34.8. The molecule has 0 heterocycles. The highest BCUT2D eigenvalue weighted by atomic mass is 16.6. The van der Waals surface area contributed by atoms with E-state index >= 15 is 0 Å². The lowest BCUT2D eigenvalue weighted by molar-refractivity contribution is -0.0114. The molecule has 0 saturated heterocycles. The van der Waals surface area contributed by atoms with Gasteiger partial charge < -0.3 is 23.7 Å². The molecule has 218 valence electrons. The van der Waals surface area contributed by atoms with E-state index in [0.717, 1.165) is 19.6 Å². The van der Waals surface area contributed by atoms with Gasteiger partial charge in [-0.15, -0.1) is 0 Å². The molecule has 0 aromatic carbocycles. The maximum atomic E-state index is 5.66. The summed E-state index contributed by atoms with van der Waals surface area (Å²) < 4.78 is 27.9. The first-order valence-electron chi connectivity index (χ1n) is 15.8. The Bertz CT molecular complexity index is 333. The van der Waals surface area contributed by atoms with E-state index in [1.807, 2.05) is 0 Å². The van der Waals surface area contributed by atoms with Crippen LogP contribution in [0.5, 0.6) is 0 Å². The molecule has 5 nitrogen and oxygen atoms in total. The molecule has 0 rings (SSSR count). The molecule has 5 heteroatoms. The monoisotopic (exact) mass is 516 g/mol. The van der Waals surface area contributed by atoms with Crippen molar-refractivity contribution in [1.82, 2.24) is 0 Å². The summed E-state index contributed by atoms with van der Waals surface area (Å²) in [6.45, 7) is 11.3. The van der Waals surface area contributed by atoms with Gasteiger partial charge in [-0.05, 0) is 12.8 Å². The second-order valence-electron chi connectivity index (χ2n) is 10.1. The smallest absolute Gasteiger partial charge is 0.0701 e. The summed E-state index contributed by atoms with van der Waals surface area (Å²) in [5, 5.41) is 0. The molecular weight excluding hydrogens is 452 g/mol. The summed E-state index contributed by atoms with van der Waals surface area (Å²) in [5.41, 5.74) is 0. The van der Waals surface area contributed by atoms with Crippen LogP contribution in [0.2, 0.25) is 0 Å². The Balaban J connectivity index is 3.00. The van der Waals surface area contributed by atoms with Gasteiger partial charge in [0.2, 0.25) is 0 Å². The molecule has 0 spiro atoms. The molecule has 0 aliphatic heterocycles. The van der Waals surface area contributed by atoms with Crippen LogP contribution in [0.25, 0.3) is 0 Å². The van der Waals surface area contributed by atoms with Crippen LogP contribution in [0.15, 0.2) is 0 Å². The third-order valence-electron chi connectivity index (χ3n) is 6.52. The lowest BCUT2D eigenvalue weighted by Gasteiger charge is -2.08. The first-order valence-corrected chi connectivity index (χ1v) is 15.8. The third kappa shape index (κ3) is 33.8. The van der Waals surface area contributed by atoms with Crippen molar-refractivity contribution in [2.45, 2.75) is 136 Å². The third-order valence-corrected chi connectivity index (χ3v) is 6.52. The van der Waals surface area contributed by atoms with Gasteiger partial charge in [0.1, 0.15) is 0 Å². The van der Waals surface area contributed by atoms with Crippen LogP contribution in [-0.4, -0.2) is 66.1 Å². The molecule has 0 fully saturated rings. The Labute approximate surface area is 225 Å². The molecule has 0 N–H and O–H groups in total. The Morgan fingerprint density at radius 3 is 0.667 bits per heavy atom. The minimum absolute atomic E-state index is 0.607. The van der Waals surface area contributed by atoms with Crippen molar-refractivity contribution in [3.8, 4) is 0 Å². The van der Waals surface area contributed by atoms with Crippen LogP contribution >= 0.6 is 0 Å². The molecule has 0 aliphatic carbocycles. The van der Waals surface area contributed by atoms with Crippen molar-refractivity contribution in [2.75, 3.05) is 66.1 Å². The van der Waals surface area contributed by atoms with Crippen LogP contribution in [0.3, 0.4) is 0 Å². The van der Waals surface area contributed by atoms with Gasteiger partial charge in [0.15, 0.2) is 0 Å². The highest BCUT2D eigenvalue weighted by Gasteiger charge is 1.96. The predicted molar refractivity (Wildman–Crippen MR) is 153 cm³/mol. The first-order chi connectivity index (χ1) is 17.9. The van der Waals surface area contributed by atoms with Crippen molar-refractivity contribution in [3.05, 3.63) is 0 Å². The van der Waals surface area contributed by atoms with E-state index in [1.54, 1.807) is 0 Å². The fourth-order valence-electron chi connectivity index (χ4n) is 4.19. The SMILES string of the molecule is CCCCCCCCCCCCCCCOCCOCCOCCOCCOCCCCCCCC. The molecule has 0 atom stereocenters. The van der Waals surface area contributed by atoms with Crippen molar-refractivity contribution >= 4 is 0 Å². The molecule has 0 saturated carbocycles. The normalized spacial score (nSPS) is 11.5. The summed E-state index contributed by atoms with van der Waals surface area (Å²) in [6.07, 6.45) is 25.8. The average Bonchev–Trinajstić information content (AvgIpc) is 2.89. The Morgan fingerprint density at radius 2 is 0.417 bits per heavy atom. The fourth-order valence-corrected chi connectivity index (χ4v) is 4.19. The molecule has 0 aromatic rings. The van der Waals surface area contributed by atoms with E-state index in [0.29, 0.717) is 52.9 Å². The lowest BCUT2D eigenvalue weighted by Crippen LogP contribution is -2.13. The highest BCUT2D eigenvalue weighted by molar-refractivity contribution is 4.49. The molecule has 0 bridgehead atoms. The average molecular weight is 517 g/mol. The van der Waals surface area contributed by atoms with Gasteiger partial charge in [0, 0.05) is 13.2 Å². The summed E-state index contributed by atoms with van der Waals surface area (Å²) >= 11 is 0. The van der Waals surface area contributed by atoms with Gasteiger partial charge >= 0.3 is 0 Å². The van der Waals surface area contributed by atoms with Crippen LogP contribution in [-0.2, 0) is 23.7 Å². The van der Waals surface area contributed by atoms with E-state index < -0.39 is 0 Å². The molecule has 0 amide bonds. The van der Waals surface area contributed by atoms with Gasteiger partial charge in [-0.2, -0.15) is 0 Å².